The highest BCUT2D eigenvalue weighted by atomic mass is 19.1. The number of rotatable bonds is 6. The molecule has 3 N–H and O–H groups in total. The lowest BCUT2D eigenvalue weighted by Crippen LogP contribution is -2.54. The molecule has 1 saturated heterocycles. The van der Waals surface area contributed by atoms with Gasteiger partial charge >= 0.3 is 0 Å². The molecule has 3 aromatic carbocycles. The molecular formula is C30H30FN5O3. The molecule has 2 amide bonds. The number of fused-ring (bicyclic) bond motifs is 1. The van der Waals surface area contributed by atoms with E-state index < -0.39 is 11.7 Å². The van der Waals surface area contributed by atoms with Gasteiger partial charge in [0.2, 0.25) is 0 Å². The molecule has 2 atom stereocenters. The summed E-state index contributed by atoms with van der Waals surface area (Å²) >= 11 is 0. The Hall–Kier alpha value is -4.50. The van der Waals surface area contributed by atoms with Gasteiger partial charge in [0.15, 0.2) is 0 Å². The number of aromatic nitrogens is 1. The van der Waals surface area contributed by atoms with E-state index in [9.17, 15) is 14.0 Å². The van der Waals surface area contributed by atoms with Gasteiger partial charge in [-0.25, -0.2) is 9.37 Å². The molecule has 5 rings (SSSR count). The van der Waals surface area contributed by atoms with Crippen molar-refractivity contribution in [2.75, 3.05) is 30.4 Å². The molecule has 8 nitrogen and oxygen atoms in total. The topological polar surface area (TPSA) is 95.6 Å². The third-order valence-corrected chi connectivity index (χ3v) is 6.65. The van der Waals surface area contributed by atoms with E-state index in [1.54, 1.807) is 37.4 Å². The predicted molar refractivity (Wildman–Crippen MR) is 150 cm³/mol. The van der Waals surface area contributed by atoms with Crippen molar-refractivity contribution >= 4 is 34.1 Å². The van der Waals surface area contributed by atoms with Crippen molar-refractivity contribution in [1.82, 2.24) is 15.6 Å². The first kappa shape index (κ1) is 26.1. The average molecular weight is 528 g/mol. The molecule has 1 aliphatic rings. The molecule has 1 aliphatic heterocycles. The quantitative estimate of drug-likeness (QED) is 0.328. The Balaban J connectivity index is 1.29. The van der Waals surface area contributed by atoms with Crippen LogP contribution in [0, 0.1) is 5.82 Å². The number of amides is 2. The molecule has 4 aromatic rings. The zero-order valence-corrected chi connectivity index (χ0v) is 22.0. The number of pyridine rings is 1. The highest BCUT2D eigenvalue weighted by Crippen LogP contribution is 2.29. The second kappa shape index (κ2) is 11.1. The standard InChI is InChI=1S/C30H30FN5O3/c1-18-16-36(17-19(2)34-18)21-7-9-26(27(31)14-21)30(38)35-28-15-23(11-12-33-28)39-22-8-10-24-20(13-22)5-4-6-25(24)29(37)32-3/h4-15,18-19,34H,16-17H2,1-3H3,(H,32,37)(H,33,35,38)/t18-,19+. The summed E-state index contributed by atoms with van der Waals surface area (Å²) in [5.74, 6) is -0.129. The van der Waals surface area contributed by atoms with Crippen LogP contribution < -0.4 is 25.6 Å². The molecule has 1 fully saturated rings. The monoisotopic (exact) mass is 527 g/mol. The molecule has 2 heterocycles. The van der Waals surface area contributed by atoms with Crippen molar-refractivity contribution in [3.05, 3.63) is 89.9 Å². The van der Waals surface area contributed by atoms with Crippen molar-refractivity contribution in [1.29, 1.82) is 0 Å². The van der Waals surface area contributed by atoms with E-state index in [-0.39, 0.29) is 29.4 Å². The first-order valence-electron chi connectivity index (χ1n) is 12.8. The Morgan fingerprint density at radius 1 is 0.949 bits per heavy atom. The van der Waals surface area contributed by atoms with E-state index in [1.165, 1.54) is 18.3 Å². The summed E-state index contributed by atoms with van der Waals surface area (Å²) in [4.78, 5) is 31.3. The normalized spacial score (nSPS) is 17.1. The average Bonchev–Trinajstić information content (AvgIpc) is 2.91. The fraction of sp³-hybridized carbons (Fsp3) is 0.233. The second-order valence-electron chi connectivity index (χ2n) is 9.74. The number of ether oxygens (including phenoxy) is 1. The fourth-order valence-electron chi connectivity index (χ4n) is 4.94. The summed E-state index contributed by atoms with van der Waals surface area (Å²) in [6.45, 7) is 5.71. The number of anilines is 2. The van der Waals surface area contributed by atoms with Crippen LogP contribution >= 0.6 is 0 Å². The smallest absolute Gasteiger partial charge is 0.259 e. The van der Waals surface area contributed by atoms with Gasteiger partial charge in [-0.15, -0.1) is 0 Å². The Morgan fingerprint density at radius 2 is 1.72 bits per heavy atom. The van der Waals surface area contributed by atoms with Gasteiger partial charge in [0.05, 0.1) is 5.56 Å². The number of hydrogen-bond acceptors (Lipinski definition) is 6. The molecule has 1 aromatic heterocycles. The number of carbonyl (C=O) groups is 2. The highest BCUT2D eigenvalue weighted by Gasteiger charge is 2.23. The minimum atomic E-state index is -0.599. The van der Waals surface area contributed by atoms with E-state index in [1.807, 2.05) is 24.3 Å². The Kier molecular flexibility index (Phi) is 7.42. The van der Waals surface area contributed by atoms with E-state index in [4.69, 9.17) is 4.74 Å². The van der Waals surface area contributed by atoms with E-state index in [2.05, 4.69) is 39.7 Å². The zero-order valence-electron chi connectivity index (χ0n) is 22.0. The molecule has 0 saturated carbocycles. The molecule has 9 heteroatoms. The molecule has 200 valence electrons. The maximum Gasteiger partial charge on any atom is 0.259 e. The predicted octanol–water partition coefficient (Wildman–Crippen LogP) is 4.96. The highest BCUT2D eigenvalue weighted by molar-refractivity contribution is 6.07. The van der Waals surface area contributed by atoms with E-state index >= 15 is 0 Å². The summed E-state index contributed by atoms with van der Waals surface area (Å²) < 4.78 is 21.0. The summed E-state index contributed by atoms with van der Waals surface area (Å²) in [5.41, 5.74) is 1.26. The summed E-state index contributed by atoms with van der Waals surface area (Å²) in [7, 11) is 1.59. The lowest BCUT2D eigenvalue weighted by molar-refractivity contribution is 0.0963. The molecule has 0 radical (unpaired) electrons. The number of nitrogens with one attached hydrogen (secondary N) is 3. The van der Waals surface area contributed by atoms with Crippen LogP contribution in [0.4, 0.5) is 15.9 Å². The van der Waals surface area contributed by atoms with Crippen molar-refractivity contribution in [2.24, 2.45) is 0 Å². The number of hydrogen-bond donors (Lipinski definition) is 3. The van der Waals surface area contributed by atoms with Gasteiger partial charge < -0.3 is 25.6 Å². The van der Waals surface area contributed by atoms with Crippen molar-refractivity contribution in [3.63, 3.8) is 0 Å². The number of nitrogens with zero attached hydrogens (tertiary/aromatic N) is 2. The van der Waals surface area contributed by atoms with Gasteiger partial charge in [0, 0.05) is 55.7 Å². The Bertz CT molecular complexity index is 1530. The minimum absolute atomic E-state index is 0.0652. The van der Waals surface area contributed by atoms with Crippen molar-refractivity contribution < 1.29 is 18.7 Å². The fourth-order valence-corrected chi connectivity index (χ4v) is 4.94. The molecule has 0 aliphatic carbocycles. The third kappa shape index (κ3) is 5.83. The van der Waals surface area contributed by atoms with Crippen LogP contribution in [0.3, 0.4) is 0 Å². The van der Waals surface area contributed by atoms with Crippen LogP contribution in [0.5, 0.6) is 11.5 Å². The maximum absolute atomic E-state index is 15.0. The SMILES string of the molecule is CNC(=O)c1cccc2cc(Oc3ccnc(NC(=O)c4ccc(N5C[C@@H](C)N[C@@H](C)C5)cc4F)c3)ccc12. The van der Waals surface area contributed by atoms with Crippen LogP contribution in [0.15, 0.2) is 72.9 Å². The number of piperazine rings is 1. The van der Waals surface area contributed by atoms with E-state index in [0.29, 0.717) is 17.1 Å². The third-order valence-electron chi connectivity index (χ3n) is 6.65. The molecular weight excluding hydrogens is 497 g/mol. The van der Waals surface area contributed by atoms with Crippen LogP contribution in [-0.4, -0.2) is 49.0 Å². The minimum Gasteiger partial charge on any atom is -0.457 e. The number of carbonyl (C=O) groups excluding carboxylic acids is 2. The van der Waals surface area contributed by atoms with Gasteiger partial charge in [0.25, 0.3) is 11.8 Å². The maximum atomic E-state index is 15.0. The van der Waals surface area contributed by atoms with Gasteiger partial charge in [-0.1, -0.05) is 12.1 Å². The number of benzene rings is 3. The largest absolute Gasteiger partial charge is 0.457 e. The van der Waals surface area contributed by atoms with Crippen LogP contribution in [0.1, 0.15) is 34.6 Å². The molecule has 0 spiro atoms. The lowest BCUT2D eigenvalue weighted by Gasteiger charge is -2.37. The summed E-state index contributed by atoms with van der Waals surface area (Å²) in [6.07, 6.45) is 1.50. The first-order chi connectivity index (χ1) is 18.8. The summed E-state index contributed by atoms with van der Waals surface area (Å²) in [6, 6.07) is 19.4. The van der Waals surface area contributed by atoms with Crippen LogP contribution in [-0.2, 0) is 0 Å². The van der Waals surface area contributed by atoms with Gasteiger partial charge in [-0.3, -0.25) is 9.59 Å². The zero-order chi connectivity index (χ0) is 27.5. The lowest BCUT2D eigenvalue weighted by atomic mass is 10.0. The van der Waals surface area contributed by atoms with E-state index in [0.717, 1.165) is 29.5 Å². The summed E-state index contributed by atoms with van der Waals surface area (Å²) in [5, 5.41) is 10.4. The van der Waals surface area contributed by atoms with Crippen LogP contribution in [0.25, 0.3) is 10.8 Å². The van der Waals surface area contributed by atoms with Gasteiger partial charge in [-0.05, 0) is 73.2 Å². The Morgan fingerprint density at radius 3 is 2.46 bits per heavy atom. The van der Waals surface area contributed by atoms with Gasteiger partial charge in [-0.2, -0.15) is 0 Å². The Labute approximate surface area is 226 Å². The molecule has 0 bridgehead atoms. The van der Waals surface area contributed by atoms with Crippen molar-refractivity contribution in [3.8, 4) is 11.5 Å². The number of halogens is 1. The molecule has 39 heavy (non-hydrogen) atoms. The second-order valence-corrected chi connectivity index (χ2v) is 9.74. The van der Waals surface area contributed by atoms with Crippen LogP contribution in [0.2, 0.25) is 0 Å². The molecule has 0 unspecified atom stereocenters. The van der Waals surface area contributed by atoms with Crippen molar-refractivity contribution in [2.45, 2.75) is 25.9 Å². The van der Waals surface area contributed by atoms with Gasteiger partial charge in [0.1, 0.15) is 23.1 Å². The first-order valence-corrected chi connectivity index (χ1v) is 12.8.